The van der Waals surface area contributed by atoms with E-state index in [4.69, 9.17) is 11.6 Å². The lowest BCUT2D eigenvalue weighted by molar-refractivity contribution is 0.351. The van der Waals surface area contributed by atoms with Crippen molar-refractivity contribution in [3.8, 4) is 0 Å². The standard InChI is InChI=1S/C20H18ClN3O2S/c1-13-7-9-14(10-8-13)18-12-19(24(23-18)27(2,25)26)16-11-15-5-3-4-6-17(15)22-20(16)21/h3-12,19,23H,1-2H3/t19-/m1/s1. The third-order valence-corrected chi connectivity index (χ3v) is 5.89. The van der Waals surface area contributed by atoms with Gasteiger partial charge in [-0.1, -0.05) is 59.6 Å². The van der Waals surface area contributed by atoms with Gasteiger partial charge in [-0.2, -0.15) is 0 Å². The normalized spacial score (nSPS) is 17.7. The summed E-state index contributed by atoms with van der Waals surface area (Å²) in [6.07, 6.45) is 3.03. The number of halogens is 1. The molecule has 1 aromatic heterocycles. The number of sulfonamides is 1. The molecule has 138 valence electrons. The SMILES string of the molecule is Cc1ccc(C2=C[C@H](c3cc4ccccc4nc3Cl)N(S(C)(=O)=O)N2)cc1. The van der Waals surface area contributed by atoms with Crippen LogP contribution in [0.25, 0.3) is 16.6 Å². The fraction of sp³-hybridized carbons (Fsp3) is 0.150. The van der Waals surface area contributed by atoms with Gasteiger partial charge < -0.3 is 5.43 Å². The van der Waals surface area contributed by atoms with Crippen molar-refractivity contribution in [2.75, 3.05) is 6.26 Å². The van der Waals surface area contributed by atoms with Gasteiger partial charge >= 0.3 is 0 Å². The minimum atomic E-state index is -3.54. The summed E-state index contributed by atoms with van der Waals surface area (Å²) < 4.78 is 26.0. The molecule has 1 aliphatic heterocycles. The Labute approximate surface area is 163 Å². The van der Waals surface area contributed by atoms with Gasteiger partial charge in [-0.25, -0.2) is 13.4 Å². The van der Waals surface area contributed by atoms with Crippen LogP contribution >= 0.6 is 11.6 Å². The van der Waals surface area contributed by atoms with E-state index < -0.39 is 16.1 Å². The van der Waals surface area contributed by atoms with E-state index in [0.717, 1.165) is 27.7 Å². The zero-order chi connectivity index (χ0) is 19.2. The van der Waals surface area contributed by atoms with Crippen molar-refractivity contribution in [2.45, 2.75) is 13.0 Å². The van der Waals surface area contributed by atoms with Crippen LogP contribution < -0.4 is 5.43 Å². The monoisotopic (exact) mass is 399 g/mol. The van der Waals surface area contributed by atoms with Crippen LogP contribution in [-0.4, -0.2) is 24.1 Å². The summed E-state index contributed by atoms with van der Waals surface area (Å²) in [5, 5.41) is 1.19. The van der Waals surface area contributed by atoms with Gasteiger partial charge in [-0.3, -0.25) is 0 Å². The van der Waals surface area contributed by atoms with E-state index in [0.29, 0.717) is 5.56 Å². The summed E-state index contributed by atoms with van der Waals surface area (Å²) in [7, 11) is -3.54. The zero-order valence-electron chi connectivity index (χ0n) is 14.8. The first kappa shape index (κ1) is 18.0. The highest BCUT2D eigenvalue weighted by Crippen LogP contribution is 2.36. The predicted molar refractivity (Wildman–Crippen MR) is 108 cm³/mol. The van der Waals surface area contributed by atoms with Gasteiger partial charge in [0.2, 0.25) is 10.0 Å². The maximum Gasteiger partial charge on any atom is 0.228 e. The molecule has 3 aromatic rings. The molecule has 0 saturated carbocycles. The van der Waals surface area contributed by atoms with E-state index in [9.17, 15) is 8.42 Å². The number of nitrogens with zero attached hydrogens (tertiary/aromatic N) is 2. The first-order valence-corrected chi connectivity index (χ1v) is 10.7. The van der Waals surface area contributed by atoms with E-state index in [2.05, 4.69) is 10.4 Å². The summed E-state index contributed by atoms with van der Waals surface area (Å²) in [5.41, 5.74) is 7.17. The summed E-state index contributed by atoms with van der Waals surface area (Å²) in [4.78, 5) is 4.43. The molecule has 2 aromatic carbocycles. The molecule has 7 heteroatoms. The number of benzene rings is 2. The van der Waals surface area contributed by atoms with Crippen LogP contribution in [0.5, 0.6) is 0 Å². The van der Waals surface area contributed by atoms with Gasteiger partial charge in [0.1, 0.15) is 5.15 Å². The van der Waals surface area contributed by atoms with Crippen LogP contribution in [0.4, 0.5) is 0 Å². The average molecular weight is 400 g/mol. The number of hydrogen-bond donors (Lipinski definition) is 1. The summed E-state index contributed by atoms with van der Waals surface area (Å²) in [5.74, 6) is 0. The highest BCUT2D eigenvalue weighted by molar-refractivity contribution is 7.88. The van der Waals surface area contributed by atoms with Crippen LogP contribution in [0.15, 0.2) is 60.7 Å². The molecule has 0 spiro atoms. The number of fused-ring (bicyclic) bond motifs is 1. The van der Waals surface area contributed by atoms with Gasteiger partial charge in [0, 0.05) is 10.9 Å². The molecular weight excluding hydrogens is 382 g/mol. The van der Waals surface area contributed by atoms with Gasteiger partial charge in [-0.05, 0) is 30.7 Å². The third kappa shape index (κ3) is 3.43. The van der Waals surface area contributed by atoms with Crippen LogP contribution in [0, 0.1) is 6.92 Å². The number of aryl methyl sites for hydroxylation is 1. The number of aromatic nitrogens is 1. The molecule has 27 heavy (non-hydrogen) atoms. The molecule has 0 unspecified atom stereocenters. The van der Waals surface area contributed by atoms with Crippen LogP contribution in [0.1, 0.15) is 22.7 Å². The number of rotatable bonds is 3. The lowest BCUT2D eigenvalue weighted by Gasteiger charge is -2.23. The zero-order valence-corrected chi connectivity index (χ0v) is 16.4. The third-order valence-electron chi connectivity index (χ3n) is 4.55. The Kier molecular flexibility index (Phi) is 4.42. The molecule has 0 aliphatic carbocycles. The lowest BCUT2D eigenvalue weighted by Crippen LogP contribution is -2.38. The first-order chi connectivity index (χ1) is 12.8. The second-order valence-corrected chi connectivity index (χ2v) is 8.84. The maximum absolute atomic E-state index is 12.4. The Morgan fingerprint density at radius 1 is 1.11 bits per heavy atom. The molecular formula is C20H18ClN3O2S. The molecule has 5 nitrogen and oxygen atoms in total. The molecule has 4 rings (SSSR count). The van der Waals surface area contributed by atoms with Crippen molar-refractivity contribution >= 4 is 38.2 Å². The minimum absolute atomic E-state index is 0.288. The van der Waals surface area contributed by atoms with Crippen molar-refractivity contribution in [2.24, 2.45) is 0 Å². The van der Waals surface area contributed by atoms with E-state index in [-0.39, 0.29) is 5.15 Å². The van der Waals surface area contributed by atoms with E-state index in [1.54, 1.807) is 0 Å². The lowest BCUT2D eigenvalue weighted by atomic mass is 10.0. The quantitative estimate of drug-likeness (QED) is 0.674. The highest BCUT2D eigenvalue weighted by atomic mass is 35.5. The van der Waals surface area contributed by atoms with Crippen molar-refractivity contribution in [1.29, 1.82) is 0 Å². The number of para-hydroxylation sites is 1. The Morgan fingerprint density at radius 3 is 2.52 bits per heavy atom. The fourth-order valence-corrected chi connectivity index (χ4v) is 4.28. The maximum atomic E-state index is 12.4. The van der Waals surface area contributed by atoms with Gasteiger partial charge in [0.05, 0.1) is 23.5 Å². The van der Waals surface area contributed by atoms with Crippen molar-refractivity contribution < 1.29 is 8.42 Å². The molecule has 1 atom stereocenters. The fourth-order valence-electron chi connectivity index (χ4n) is 3.17. The van der Waals surface area contributed by atoms with Gasteiger partial charge in [0.15, 0.2) is 0 Å². The van der Waals surface area contributed by atoms with E-state index in [1.807, 2.05) is 67.6 Å². The number of pyridine rings is 1. The molecule has 0 amide bonds. The van der Waals surface area contributed by atoms with E-state index >= 15 is 0 Å². The van der Waals surface area contributed by atoms with Crippen LogP contribution in [-0.2, 0) is 10.0 Å². The number of nitrogens with one attached hydrogen (secondary N) is 1. The van der Waals surface area contributed by atoms with Gasteiger partial charge in [-0.15, -0.1) is 4.41 Å². The number of hydrazine groups is 1. The Hall–Kier alpha value is -2.41. The summed E-state index contributed by atoms with van der Waals surface area (Å²) in [6.45, 7) is 2.01. The van der Waals surface area contributed by atoms with Crippen molar-refractivity contribution in [3.63, 3.8) is 0 Å². The molecule has 0 bridgehead atoms. The van der Waals surface area contributed by atoms with Crippen molar-refractivity contribution in [3.05, 3.63) is 82.5 Å². The topological polar surface area (TPSA) is 62.3 Å². The molecule has 2 heterocycles. The summed E-state index contributed by atoms with van der Waals surface area (Å²) in [6, 6.07) is 16.8. The van der Waals surface area contributed by atoms with Gasteiger partial charge in [0.25, 0.3) is 0 Å². The molecule has 0 saturated heterocycles. The first-order valence-electron chi connectivity index (χ1n) is 8.43. The van der Waals surface area contributed by atoms with Crippen LogP contribution in [0.2, 0.25) is 5.15 Å². The molecule has 0 radical (unpaired) electrons. The van der Waals surface area contributed by atoms with Crippen molar-refractivity contribution in [1.82, 2.24) is 14.8 Å². The largest absolute Gasteiger partial charge is 0.304 e. The number of hydrogen-bond acceptors (Lipinski definition) is 4. The smallest absolute Gasteiger partial charge is 0.228 e. The Bertz CT molecular complexity index is 1160. The average Bonchev–Trinajstić information content (AvgIpc) is 3.07. The second kappa shape index (κ2) is 6.64. The molecule has 1 aliphatic rings. The Balaban J connectivity index is 1.84. The second-order valence-electron chi connectivity index (χ2n) is 6.62. The predicted octanol–water partition coefficient (Wildman–Crippen LogP) is 4.06. The highest BCUT2D eigenvalue weighted by Gasteiger charge is 2.35. The minimum Gasteiger partial charge on any atom is -0.304 e. The van der Waals surface area contributed by atoms with E-state index in [1.165, 1.54) is 10.7 Å². The molecule has 0 fully saturated rings. The van der Waals surface area contributed by atoms with Crippen LogP contribution in [0.3, 0.4) is 0 Å². The Morgan fingerprint density at radius 2 is 1.81 bits per heavy atom. The molecule has 1 N–H and O–H groups in total. The summed E-state index contributed by atoms with van der Waals surface area (Å²) >= 11 is 6.42.